The van der Waals surface area contributed by atoms with Gasteiger partial charge in [-0.05, 0) is 43.0 Å². The first-order valence-electron chi connectivity index (χ1n) is 11.6. The van der Waals surface area contributed by atoms with Crippen molar-refractivity contribution in [1.82, 2.24) is 9.80 Å². The highest BCUT2D eigenvalue weighted by molar-refractivity contribution is 6.45. The van der Waals surface area contributed by atoms with Crippen LogP contribution in [0.2, 0.25) is 0 Å². The predicted octanol–water partition coefficient (Wildman–Crippen LogP) is 3.47. The Hall–Kier alpha value is -3.02. The zero-order valence-electron chi connectivity index (χ0n) is 18.7. The Morgan fingerprint density at radius 3 is 2.44 bits per heavy atom. The minimum Gasteiger partial charge on any atom is -0.339 e. The molecule has 0 N–H and O–H groups in total. The Kier molecular flexibility index (Phi) is 5.11. The molecule has 2 aromatic carbocycles. The van der Waals surface area contributed by atoms with Crippen molar-refractivity contribution in [3.8, 4) is 0 Å². The van der Waals surface area contributed by atoms with Crippen molar-refractivity contribution < 1.29 is 14.4 Å². The summed E-state index contributed by atoms with van der Waals surface area (Å²) < 4.78 is 0. The van der Waals surface area contributed by atoms with E-state index in [2.05, 4.69) is 35.3 Å². The quantitative estimate of drug-likeness (QED) is 0.549. The number of ketones is 1. The van der Waals surface area contributed by atoms with E-state index in [1.54, 1.807) is 4.90 Å². The first-order valence-corrected chi connectivity index (χ1v) is 11.6. The Morgan fingerprint density at radius 2 is 1.72 bits per heavy atom. The minimum absolute atomic E-state index is 0.00589. The van der Waals surface area contributed by atoms with Crippen LogP contribution in [0, 0.1) is 0 Å². The second-order valence-corrected chi connectivity index (χ2v) is 9.64. The number of hydrogen-bond donors (Lipinski definition) is 0. The monoisotopic (exact) mass is 431 g/mol. The van der Waals surface area contributed by atoms with Crippen molar-refractivity contribution in [2.75, 3.05) is 13.1 Å². The molecule has 0 spiro atoms. The molecule has 1 atom stereocenters. The molecule has 1 saturated carbocycles. The molecule has 5 rings (SSSR count). The number of rotatable bonds is 4. The zero-order valence-corrected chi connectivity index (χ0v) is 18.7. The van der Waals surface area contributed by atoms with Crippen molar-refractivity contribution in [3.63, 3.8) is 0 Å². The lowest BCUT2D eigenvalue weighted by Gasteiger charge is -2.45. The summed E-state index contributed by atoms with van der Waals surface area (Å²) in [6.45, 7) is 4.94. The van der Waals surface area contributed by atoms with Gasteiger partial charge in [0, 0.05) is 31.0 Å². The van der Waals surface area contributed by atoms with Gasteiger partial charge in [0.25, 0.3) is 11.7 Å². The van der Waals surface area contributed by atoms with Gasteiger partial charge in [0.05, 0.1) is 0 Å². The Labute approximate surface area is 188 Å². The molecule has 2 aliphatic heterocycles. The largest absolute Gasteiger partial charge is 0.339 e. The number of nitrogens with zero attached hydrogens (tertiary/aromatic N) is 3. The van der Waals surface area contributed by atoms with Gasteiger partial charge < -0.3 is 9.80 Å². The van der Waals surface area contributed by atoms with E-state index in [9.17, 15) is 14.4 Å². The van der Waals surface area contributed by atoms with Gasteiger partial charge in [-0.3, -0.25) is 14.4 Å². The topological polar surface area (TPSA) is 70.0 Å². The standard InChI is InChI=1S/C26H29N3O3/c1-17(2)28-13-14-29-21(27-24(31)23(30)22(29)25(28)32)16-26(11-5-6-12-26)20-10-9-18-7-3-4-8-19(18)15-20/h3-4,7-10,15,17,22H,5-6,11-14,16H2,1-2H3. The first-order chi connectivity index (χ1) is 15.4. The van der Waals surface area contributed by atoms with Crippen molar-refractivity contribution in [3.05, 3.63) is 48.0 Å². The summed E-state index contributed by atoms with van der Waals surface area (Å²) in [4.78, 5) is 46.0. The summed E-state index contributed by atoms with van der Waals surface area (Å²) in [5, 5.41) is 2.40. The lowest BCUT2D eigenvalue weighted by molar-refractivity contribution is -0.151. The molecule has 0 radical (unpaired) electrons. The fourth-order valence-corrected chi connectivity index (χ4v) is 5.73. The van der Waals surface area contributed by atoms with Crippen LogP contribution in [0.3, 0.4) is 0 Å². The predicted molar refractivity (Wildman–Crippen MR) is 124 cm³/mol. The number of carbonyl (C=O) groups is 3. The Balaban J connectivity index is 1.51. The molecule has 1 saturated heterocycles. The number of carbonyl (C=O) groups excluding carboxylic acids is 3. The highest BCUT2D eigenvalue weighted by Crippen LogP contribution is 2.45. The molecular weight excluding hydrogens is 402 g/mol. The van der Waals surface area contributed by atoms with E-state index in [-0.39, 0.29) is 17.4 Å². The van der Waals surface area contributed by atoms with Crippen LogP contribution in [0.25, 0.3) is 10.8 Å². The third-order valence-electron chi connectivity index (χ3n) is 7.47. The Morgan fingerprint density at radius 1 is 1.00 bits per heavy atom. The van der Waals surface area contributed by atoms with E-state index in [0.29, 0.717) is 25.3 Å². The molecule has 0 aromatic heterocycles. The van der Waals surface area contributed by atoms with Crippen LogP contribution in [0.1, 0.15) is 51.5 Å². The maximum atomic E-state index is 13.1. The SMILES string of the molecule is CC(C)N1CCN2C(CC3(c4ccc5ccccc5c4)CCCC3)=NC(=O)C(=O)C2C1=O. The molecule has 166 valence electrons. The number of fused-ring (bicyclic) bond motifs is 2. The third kappa shape index (κ3) is 3.33. The maximum Gasteiger partial charge on any atom is 0.317 e. The third-order valence-corrected chi connectivity index (χ3v) is 7.47. The number of Topliss-reactive ketones (excluding diaryl/α,β-unsaturated/α-hetero) is 1. The van der Waals surface area contributed by atoms with Gasteiger partial charge in [0.1, 0.15) is 5.84 Å². The number of amidine groups is 1. The molecule has 1 unspecified atom stereocenters. The van der Waals surface area contributed by atoms with E-state index in [4.69, 9.17) is 0 Å². The van der Waals surface area contributed by atoms with Crippen LogP contribution in [0.5, 0.6) is 0 Å². The van der Waals surface area contributed by atoms with Gasteiger partial charge in [-0.2, -0.15) is 4.99 Å². The van der Waals surface area contributed by atoms with Gasteiger partial charge in [0.15, 0.2) is 6.04 Å². The smallest absolute Gasteiger partial charge is 0.317 e. The molecule has 2 amide bonds. The molecule has 2 heterocycles. The molecule has 2 fully saturated rings. The minimum atomic E-state index is -1.05. The van der Waals surface area contributed by atoms with Crippen molar-refractivity contribution in [2.24, 2.45) is 4.99 Å². The highest BCUT2D eigenvalue weighted by atomic mass is 16.2. The molecular formula is C26H29N3O3. The lowest BCUT2D eigenvalue weighted by atomic mass is 9.74. The normalized spacial score (nSPS) is 23.2. The van der Waals surface area contributed by atoms with E-state index < -0.39 is 17.7 Å². The zero-order chi connectivity index (χ0) is 22.5. The number of piperazine rings is 1. The van der Waals surface area contributed by atoms with Gasteiger partial charge in [-0.1, -0.05) is 55.3 Å². The van der Waals surface area contributed by atoms with Gasteiger partial charge in [0.2, 0.25) is 0 Å². The van der Waals surface area contributed by atoms with Crippen LogP contribution in [-0.2, 0) is 19.8 Å². The van der Waals surface area contributed by atoms with Gasteiger partial charge >= 0.3 is 5.91 Å². The lowest BCUT2D eigenvalue weighted by Crippen LogP contribution is -2.66. The second-order valence-electron chi connectivity index (χ2n) is 9.64. The van der Waals surface area contributed by atoms with Crippen LogP contribution in [0.4, 0.5) is 0 Å². The van der Waals surface area contributed by atoms with E-state index in [1.807, 2.05) is 30.9 Å². The van der Waals surface area contributed by atoms with Crippen LogP contribution in [-0.4, -0.2) is 58.4 Å². The average Bonchev–Trinajstić information content (AvgIpc) is 3.26. The summed E-state index contributed by atoms with van der Waals surface area (Å²) >= 11 is 0. The van der Waals surface area contributed by atoms with E-state index in [1.165, 1.54) is 16.3 Å². The van der Waals surface area contributed by atoms with Crippen molar-refractivity contribution in [2.45, 2.75) is 63.5 Å². The van der Waals surface area contributed by atoms with Crippen LogP contribution < -0.4 is 0 Å². The summed E-state index contributed by atoms with van der Waals surface area (Å²) in [7, 11) is 0. The highest BCUT2D eigenvalue weighted by Gasteiger charge is 2.49. The number of hydrogen-bond acceptors (Lipinski definition) is 4. The van der Waals surface area contributed by atoms with Crippen molar-refractivity contribution in [1.29, 1.82) is 0 Å². The van der Waals surface area contributed by atoms with Gasteiger partial charge in [-0.25, -0.2) is 0 Å². The van der Waals surface area contributed by atoms with E-state index in [0.717, 1.165) is 25.7 Å². The van der Waals surface area contributed by atoms with Crippen LogP contribution >= 0.6 is 0 Å². The number of benzene rings is 2. The fraction of sp³-hybridized carbons (Fsp3) is 0.462. The number of aliphatic imine (C=N–C) groups is 1. The molecule has 3 aliphatic rings. The maximum absolute atomic E-state index is 13.1. The first kappa shape index (κ1) is 20.9. The summed E-state index contributed by atoms with van der Waals surface area (Å²) in [5.74, 6) is -1.16. The summed E-state index contributed by atoms with van der Waals surface area (Å²) in [6, 6.07) is 13.9. The van der Waals surface area contributed by atoms with Crippen molar-refractivity contribution >= 4 is 34.2 Å². The summed E-state index contributed by atoms with van der Waals surface area (Å²) in [6.07, 6.45) is 4.84. The fourth-order valence-electron chi connectivity index (χ4n) is 5.73. The number of amides is 2. The van der Waals surface area contributed by atoms with Gasteiger partial charge in [-0.15, -0.1) is 0 Å². The molecule has 6 heteroatoms. The second kappa shape index (κ2) is 7.84. The molecule has 2 aromatic rings. The molecule has 32 heavy (non-hydrogen) atoms. The van der Waals surface area contributed by atoms with E-state index >= 15 is 0 Å². The molecule has 1 aliphatic carbocycles. The Bertz CT molecular complexity index is 1130. The van der Waals surface area contributed by atoms with Crippen LogP contribution in [0.15, 0.2) is 47.5 Å². The molecule has 6 nitrogen and oxygen atoms in total. The summed E-state index contributed by atoms with van der Waals surface area (Å²) in [5.41, 5.74) is 1.12. The average molecular weight is 432 g/mol. The molecule has 0 bridgehead atoms.